The molecule has 0 spiro atoms. The molecule has 0 radical (unpaired) electrons. The number of hydrogen-bond donors (Lipinski definition) is 4. The normalized spacial score (nSPS) is 18.0. The fourth-order valence-corrected chi connectivity index (χ4v) is 4.52. The van der Waals surface area contributed by atoms with Crippen molar-refractivity contribution < 1.29 is 45.8 Å². The number of ether oxygens (including phenoxy) is 1. The highest BCUT2D eigenvalue weighted by Gasteiger charge is 2.57. The van der Waals surface area contributed by atoms with Crippen LogP contribution in [0.1, 0.15) is 28.7 Å². The third-order valence-corrected chi connectivity index (χ3v) is 7.03. The summed E-state index contributed by atoms with van der Waals surface area (Å²) in [7, 11) is 0. The van der Waals surface area contributed by atoms with Gasteiger partial charge >= 0.3 is 6.18 Å². The number of H-pyrrole nitrogens is 1. The van der Waals surface area contributed by atoms with E-state index in [4.69, 9.17) is 10.5 Å². The minimum Gasteiger partial charge on any atom is -0.489 e. The van der Waals surface area contributed by atoms with E-state index in [0.29, 0.717) is 6.07 Å². The van der Waals surface area contributed by atoms with Gasteiger partial charge in [0.05, 0.1) is 17.8 Å². The number of primary amides is 1. The summed E-state index contributed by atoms with van der Waals surface area (Å²) in [5.41, 5.74) is -1.65. The van der Waals surface area contributed by atoms with E-state index in [1.165, 1.54) is 19.1 Å². The van der Waals surface area contributed by atoms with Crippen molar-refractivity contribution in [3.8, 4) is 17.0 Å². The molecule has 0 saturated carbocycles. The smallest absolute Gasteiger partial charge is 0.424 e. The number of pyridine rings is 1. The van der Waals surface area contributed by atoms with E-state index in [1.54, 1.807) is 0 Å². The third kappa shape index (κ3) is 4.63. The quantitative estimate of drug-likeness (QED) is 0.258. The minimum atomic E-state index is -5.43. The Bertz CT molecular complexity index is 1700. The molecule has 1 aliphatic heterocycles. The van der Waals surface area contributed by atoms with Gasteiger partial charge in [-0.2, -0.15) is 13.2 Å². The summed E-state index contributed by atoms with van der Waals surface area (Å²) in [6.07, 6.45) is -5.43. The molecule has 2 atom stereocenters. The molecule has 214 valence electrons. The maximum atomic E-state index is 14.5. The van der Waals surface area contributed by atoms with Gasteiger partial charge in [-0.05, 0) is 49.4 Å². The molecule has 2 amide bonds. The van der Waals surface area contributed by atoms with Gasteiger partial charge in [-0.1, -0.05) is 0 Å². The van der Waals surface area contributed by atoms with Crippen molar-refractivity contribution in [2.45, 2.75) is 24.1 Å². The lowest BCUT2D eigenvalue weighted by molar-refractivity contribution is -0.265. The number of carbonyl (C=O) groups excluding carboxylic acids is 2. The van der Waals surface area contributed by atoms with Crippen LogP contribution >= 0.6 is 0 Å². The van der Waals surface area contributed by atoms with Crippen LogP contribution in [0.5, 0.6) is 5.75 Å². The Morgan fingerprint density at radius 3 is 2.41 bits per heavy atom. The lowest BCUT2D eigenvalue weighted by Gasteiger charge is -2.31. The number of benzene rings is 2. The summed E-state index contributed by atoms with van der Waals surface area (Å²) >= 11 is 0. The Hall–Kier alpha value is -4.59. The molecule has 8 nitrogen and oxygen atoms in total. The summed E-state index contributed by atoms with van der Waals surface area (Å²) in [4.78, 5) is 31.5. The van der Waals surface area contributed by atoms with Crippen LogP contribution < -0.4 is 15.8 Å². The Kier molecular flexibility index (Phi) is 6.48. The number of fused-ring (bicyclic) bond motifs is 2. The number of halogens is 6. The molecule has 3 heterocycles. The molecule has 4 aromatic rings. The molecule has 14 heteroatoms. The van der Waals surface area contributed by atoms with Crippen LogP contribution in [-0.4, -0.2) is 46.2 Å². The van der Waals surface area contributed by atoms with Gasteiger partial charge in [0.15, 0.2) is 0 Å². The predicted molar refractivity (Wildman–Crippen MR) is 132 cm³/mol. The summed E-state index contributed by atoms with van der Waals surface area (Å²) in [5, 5.41) is 12.8. The van der Waals surface area contributed by atoms with Crippen molar-refractivity contribution in [1.82, 2.24) is 15.3 Å². The molecule has 0 aliphatic carbocycles. The minimum absolute atomic E-state index is 0.0810. The second-order valence-electron chi connectivity index (χ2n) is 9.80. The molecule has 5 rings (SSSR count). The first-order valence-electron chi connectivity index (χ1n) is 11.9. The monoisotopic (exact) mass is 578 g/mol. The van der Waals surface area contributed by atoms with Gasteiger partial charge in [0.1, 0.15) is 46.6 Å². The molecule has 2 aromatic heterocycles. The highest BCUT2D eigenvalue weighted by molar-refractivity contribution is 5.98. The first-order valence-corrected chi connectivity index (χ1v) is 11.9. The van der Waals surface area contributed by atoms with Gasteiger partial charge < -0.3 is 25.9 Å². The molecule has 0 fully saturated rings. The van der Waals surface area contributed by atoms with Crippen molar-refractivity contribution >= 4 is 22.7 Å². The number of aromatic amines is 1. The zero-order chi connectivity index (χ0) is 29.9. The van der Waals surface area contributed by atoms with Crippen molar-refractivity contribution in [3.63, 3.8) is 0 Å². The third-order valence-electron chi connectivity index (χ3n) is 7.03. The maximum absolute atomic E-state index is 14.5. The molecular weight excluding hydrogens is 558 g/mol. The zero-order valence-corrected chi connectivity index (χ0v) is 21.0. The highest BCUT2D eigenvalue weighted by atomic mass is 19.4. The average Bonchev–Trinajstić information content (AvgIpc) is 3.49. The van der Waals surface area contributed by atoms with Crippen LogP contribution in [0.3, 0.4) is 0 Å². The van der Waals surface area contributed by atoms with Crippen LogP contribution in [0.25, 0.3) is 22.2 Å². The SMILES string of the molecule is C[C@]1(C(N)=O)COc2c1cc(C(O)(CNC(=O)c1cc3c(F)cc(F)cc3[nH]1)C(F)(F)F)nc2-c1ccc(F)cc1. The lowest BCUT2D eigenvalue weighted by Crippen LogP contribution is -2.52. The van der Waals surface area contributed by atoms with Crippen LogP contribution in [0, 0.1) is 17.5 Å². The van der Waals surface area contributed by atoms with E-state index in [0.717, 1.165) is 30.3 Å². The fourth-order valence-electron chi connectivity index (χ4n) is 4.52. The highest BCUT2D eigenvalue weighted by Crippen LogP contribution is 2.47. The van der Waals surface area contributed by atoms with E-state index in [2.05, 4.69) is 9.97 Å². The topological polar surface area (TPSA) is 130 Å². The van der Waals surface area contributed by atoms with Gasteiger partial charge in [0.25, 0.3) is 5.91 Å². The van der Waals surface area contributed by atoms with Crippen molar-refractivity contribution in [2.24, 2.45) is 5.73 Å². The number of aromatic nitrogens is 2. The largest absolute Gasteiger partial charge is 0.489 e. The molecular formula is C27H20F6N4O4. The Morgan fingerprint density at radius 2 is 1.78 bits per heavy atom. The number of nitrogens with two attached hydrogens (primary N) is 1. The van der Waals surface area contributed by atoms with Crippen molar-refractivity contribution in [3.05, 3.63) is 82.9 Å². The van der Waals surface area contributed by atoms with Gasteiger partial charge in [-0.3, -0.25) is 9.59 Å². The molecule has 2 aromatic carbocycles. The summed E-state index contributed by atoms with van der Waals surface area (Å²) in [6, 6.07) is 7.76. The standard InChI is InChI=1S/C27H20F6N4O4/c1-25(24(34)39)11-41-22-16(25)9-20(37-21(22)12-2-4-13(28)5-3-12)26(40,27(31,32)33)10-35-23(38)19-8-15-17(30)6-14(29)7-18(15)36-19/h2-9,36,40H,10-11H2,1H3,(H2,34,39)(H,35,38)/t25-,26?/m0/s1. The molecule has 1 unspecified atom stereocenters. The summed E-state index contributed by atoms with van der Waals surface area (Å²) < 4.78 is 90.2. The zero-order valence-electron chi connectivity index (χ0n) is 21.0. The molecule has 0 saturated heterocycles. The van der Waals surface area contributed by atoms with E-state index in [-0.39, 0.29) is 40.1 Å². The van der Waals surface area contributed by atoms with Crippen molar-refractivity contribution in [1.29, 1.82) is 0 Å². The van der Waals surface area contributed by atoms with E-state index in [9.17, 15) is 41.0 Å². The predicted octanol–water partition coefficient (Wildman–Crippen LogP) is 3.96. The maximum Gasteiger partial charge on any atom is 0.424 e. The first-order chi connectivity index (χ1) is 19.1. The van der Waals surface area contributed by atoms with Gasteiger partial charge in [0, 0.05) is 22.6 Å². The number of hydrogen-bond acceptors (Lipinski definition) is 5. The second kappa shape index (κ2) is 9.51. The Morgan fingerprint density at radius 1 is 1.10 bits per heavy atom. The van der Waals surface area contributed by atoms with Crippen molar-refractivity contribution in [2.75, 3.05) is 13.2 Å². The van der Waals surface area contributed by atoms with Crippen LogP contribution in [0.15, 0.2) is 48.5 Å². The molecule has 1 aliphatic rings. The number of amides is 2. The van der Waals surface area contributed by atoms with E-state index < -0.39 is 64.4 Å². The number of alkyl halides is 3. The molecule has 5 N–H and O–H groups in total. The van der Waals surface area contributed by atoms with Gasteiger partial charge in [-0.25, -0.2) is 18.2 Å². The molecule has 41 heavy (non-hydrogen) atoms. The van der Waals surface area contributed by atoms with E-state index in [1.807, 2.05) is 5.32 Å². The fraction of sp³-hybridized carbons (Fsp3) is 0.222. The number of carbonyl (C=O) groups is 2. The lowest BCUT2D eigenvalue weighted by atomic mass is 9.81. The summed E-state index contributed by atoms with van der Waals surface area (Å²) in [6.45, 7) is -0.467. The van der Waals surface area contributed by atoms with Crippen LogP contribution in [-0.2, 0) is 15.8 Å². The first kappa shape index (κ1) is 28.0. The average molecular weight is 578 g/mol. The van der Waals surface area contributed by atoms with Crippen LogP contribution in [0.4, 0.5) is 26.3 Å². The number of rotatable bonds is 6. The number of aliphatic hydroxyl groups is 1. The number of nitrogens with one attached hydrogen (secondary N) is 2. The van der Waals surface area contributed by atoms with E-state index >= 15 is 0 Å². The molecule has 0 bridgehead atoms. The van der Waals surface area contributed by atoms with Gasteiger partial charge in [-0.15, -0.1) is 0 Å². The summed E-state index contributed by atoms with van der Waals surface area (Å²) in [5.74, 6) is -4.76. The van der Waals surface area contributed by atoms with Gasteiger partial charge in [0.2, 0.25) is 11.5 Å². The Balaban J connectivity index is 1.58. The Labute approximate surface area is 227 Å². The van der Waals surface area contributed by atoms with Crippen LogP contribution in [0.2, 0.25) is 0 Å². The second-order valence-corrected chi connectivity index (χ2v) is 9.80. The number of nitrogens with zero attached hydrogens (tertiary/aromatic N) is 1.